The highest BCUT2D eigenvalue weighted by atomic mass is 32.1. The van der Waals surface area contributed by atoms with Crippen LogP contribution >= 0.6 is 12.6 Å². The summed E-state index contributed by atoms with van der Waals surface area (Å²) in [4.78, 5) is 0. The van der Waals surface area contributed by atoms with Crippen LogP contribution in [0.1, 0.15) is 31.7 Å². The van der Waals surface area contributed by atoms with Gasteiger partial charge in [-0.2, -0.15) is 12.6 Å². The maximum atomic E-state index is 5.65. The fourth-order valence-corrected chi connectivity index (χ4v) is 2.22. The van der Waals surface area contributed by atoms with Crippen LogP contribution in [0.4, 0.5) is 0 Å². The smallest absolute Gasteiger partial charge is 0.0469 e. The van der Waals surface area contributed by atoms with Crippen molar-refractivity contribution >= 4 is 12.6 Å². The normalized spacial score (nSPS) is 12.6. The van der Waals surface area contributed by atoms with Gasteiger partial charge >= 0.3 is 0 Å². The molecule has 0 saturated heterocycles. The molecule has 1 aromatic carbocycles. The lowest BCUT2D eigenvalue weighted by molar-refractivity contribution is 0.119. The summed E-state index contributed by atoms with van der Waals surface area (Å²) < 4.78 is 5.65. The number of thiol groups is 1. The zero-order chi connectivity index (χ0) is 12.3. The van der Waals surface area contributed by atoms with Crippen LogP contribution in [0.2, 0.25) is 0 Å². The lowest BCUT2D eigenvalue weighted by atomic mass is 10.1. The minimum absolute atomic E-state index is 0.738. The monoisotopic (exact) mass is 252 g/mol. The van der Waals surface area contributed by atoms with Crippen LogP contribution in [0.25, 0.3) is 0 Å². The molecule has 2 heteroatoms. The first-order valence-electron chi connectivity index (χ1n) is 6.55. The maximum absolute atomic E-state index is 5.65. The van der Waals surface area contributed by atoms with Gasteiger partial charge < -0.3 is 4.74 Å². The van der Waals surface area contributed by atoms with E-state index in [4.69, 9.17) is 4.74 Å². The molecule has 0 aromatic heterocycles. The van der Waals surface area contributed by atoms with Crippen LogP contribution in [0.5, 0.6) is 0 Å². The van der Waals surface area contributed by atoms with Crippen LogP contribution in [-0.2, 0) is 11.2 Å². The van der Waals surface area contributed by atoms with Crippen LogP contribution in [0.3, 0.4) is 0 Å². The van der Waals surface area contributed by atoms with E-state index in [0.717, 1.165) is 44.1 Å². The number of rotatable bonds is 9. The predicted molar refractivity (Wildman–Crippen MR) is 77.8 cm³/mol. The molecule has 1 nitrogen and oxygen atoms in total. The highest BCUT2D eigenvalue weighted by Gasteiger charge is 2.00. The van der Waals surface area contributed by atoms with Crippen molar-refractivity contribution in [3.63, 3.8) is 0 Å². The topological polar surface area (TPSA) is 9.23 Å². The quantitative estimate of drug-likeness (QED) is 0.516. The average molecular weight is 252 g/mol. The van der Waals surface area contributed by atoms with E-state index in [1.54, 1.807) is 0 Å². The first kappa shape index (κ1) is 14.6. The van der Waals surface area contributed by atoms with Gasteiger partial charge in [-0.05, 0) is 42.9 Å². The summed E-state index contributed by atoms with van der Waals surface area (Å²) in [7, 11) is 0. The molecule has 0 aliphatic heterocycles. The molecule has 0 bridgehead atoms. The van der Waals surface area contributed by atoms with Crippen molar-refractivity contribution in [1.82, 2.24) is 0 Å². The van der Waals surface area contributed by atoms with Gasteiger partial charge in [0.1, 0.15) is 0 Å². The van der Waals surface area contributed by atoms with E-state index in [2.05, 4.69) is 49.9 Å². The molecule has 0 radical (unpaired) electrons. The molecular weight excluding hydrogens is 228 g/mol. The van der Waals surface area contributed by atoms with Gasteiger partial charge in [0.05, 0.1) is 0 Å². The van der Waals surface area contributed by atoms with E-state index in [9.17, 15) is 0 Å². The van der Waals surface area contributed by atoms with Crippen LogP contribution < -0.4 is 0 Å². The molecule has 1 unspecified atom stereocenters. The molecule has 0 saturated carbocycles. The Hall–Kier alpha value is -0.470. The van der Waals surface area contributed by atoms with E-state index >= 15 is 0 Å². The standard InChI is InChI=1S/C15H24OS/c1-14(10-13-17)9-12-16-11-5-8-15-6-3-2-4-7-15/h2-4,6-7,14,17H,5,8-13H2,1H3. The molecule has 0 fully saturated rings. The number of ether oxygens (including phenoxy) is 1. The van der Waals surface area contributed by atoms with Gasteiger partial charge in [0, 0.05) is 13.2 Å². The number of hydrogen-bond donors (Lipinski definition) is 1. The van der Waals surface area contributed by atoms with Crippen molar-refractivity contribution < 1.29 is 4.74 Å². The van der Waals surface area contributed by atoms with E-state index in [1.165, 1.54) is 12.0 Å². The number of aryl methyl sites for hydroxylation is 1. The second-order valence-corrected chi connectivity index (χ2v) is 5.05. The molecule has 0 aliphatic rings. The molecule has 0 aliphatic carbocycles. The summed E-state index contributed by atoms with van der Waals surface area (Å²) in [5, 5.41) is 0. The lowest BCUT2D eigenvalue weighted by Crippen LogP contribution is -2.04. The highest BCUT2D eigenvalue weighted by Crippen LogP contribution is 2.08. The molecule has 0 N–H and O–H groups in total. The fraction of sp³-hybridized carbons (Fsp3) is 0.600. The van der Waals surface area contributed by atoms with Crippen molar-refractivity contribution in [3.8, 4) is 0 Å². The van der Waals surface area contributed by atoms with E-state index in [1.807, 2.05) is 0 Å². The fourth-order valence-electron chi connectivity index (χ4n) is 1.77. The third-order valence-electron chi connectivity index (χ3n) is 2.97. The molecule has 0 amide bonds. The average Bonchev–Trinajstić information content (AvgIpc) is 2.35. The first-order chi connectivity index (χ1) is 8.33. The summed E-state index contributed by atoms with van der Waals surface area (Å²) in [6.45, 7) is 4.04. The van der Waals surface area contributed by atoms with E-state index in [-0.39, 0.29) is 0 Å². The van der Waals surface area contributed by atoms with Gasteiger partial charge in [-0.15, -0.1) is 0 Å². The molecule has 1 atom stereocenters. The second-order valence-electron chi connectivity index (χ2n) is 4.61. The van der Waals surface area contributed by atoms with E-state index < -0.39 is 0 Å². The molecule has 96 valence electrons. The largest absolute Gasteiger partial charge is 0.381 e. The SMILES string of the molecule is CC(CCS)CCOCCCc1ccccc1. The Kier molecular flexibility index (Phi) is 8.20. The van der Waals surface area contributed by atoms with Gasteiger partial charge in [0.2, 0.25) is 0 Å². The summed E-state index contributed by atoms with van der Waals surface area (Å²) in [6, 6.07) is 10.6. The van der Waals surface area contributed by atoms with Crippen LogP contribution in [0.15, 0.2) is 30.3 Å². The Morgan fingerprint density at radius 1 is 1.12 bits per heavy atom. The van der Waals surface area contributed by atoms with Crippen molar-refractivity contribution in [3.05, 3.63) is 35.9 Å². The van der Waals surface area contributed by atoms with Crippen LogP contribution in [0, 0.1) is 5.92 Å². The van der Waals surface area contributed by atoms with Gasteiger partial charge in [-0.1, -0.05) is 37.3 Å². The summed E-state index contributed by atoms with van der Waals surface area (Å²) >= 11 is 4.24. The summed E-state index contributed by atoms with van der Waals surface area (Å²) in [5.41, 5.74) is 1.40. The molecule has 1 aromatic rings. The zero-order valence-electron chi connectivity index (χ0n) is 10.8. The van der Waals surface area contributed by atoms with Crippen molar-refractivity contribution in [2.24, 2.45) is 5.92 Å². The van der Waals surface area contributed by atoms with Crippen molar-refractivity contribution in [2.45, 2.75) is 32.6 Å². The Balaban J connectivity index is 1.95. The molecule has 17 heavy (non-hydrogen) atoms. The third-order valence-corrected chi connectivity index (χ3v) is 3.23. The third kappa shape index (κ3) is 7.45. The van der Waals surface area contributed by atoms with Crippen LogP contribution in [-0.4, -0.2) is 19.0 Å². The predicted octanol–water partition coefficient (Wildman–Crippen LogP) is 3.98. The minimum Gasteiger partial charge on any atom is -0.381 e. The molecule has 1 rings (SSSR count). The van der Waals surface area contributed by atoms with Gasteiger partial charge in [0.25, 0.3) is 0 Å². The van der Waals surface area contributed by atoms with Gasteiger partial charge in [-0.25, -0.2) is 0 Å². The Labute approximate surface area is 111 Å². The molecule has 0 spiro atoms. The van der Waals surface area contributed by atoms with Gasteiger partial charge in [0.15, 0.2) is 0 Å². The summed E-state index contributed by atoms with van der Waals surface area (Å²) in [5.74, 6) is 1.72. The Morgan fingerprint density at radius 2 is 1.88 bits per heavy atom. The molecular formula is C15H24OS. The maximum Gasteiger partial charge on any atom is 0.0469 e. The van der Waals surface area contributed by atoms with Crippen molar-refractivity contribution in [2.75, 3.05) is 19.0 Å². The van der Waals surface area contributed by atoms with Crippen molar-refractivity contribution in [1.29, 1.82) is 0 Å². The Morgan fingerprint density at radius 3 is 2.59 bits per heavy atom. The first-order valence-corrected chi connectivity index (χ1v) is 7.18. The van der Waals surface area contributed by atoms with Gasteiger partial charge in [-0.3, -0.25) is 0 Å². The van der Waals surface area contributed by atoms with E-state index in [0.29, 0.717) is 0 Å². The molecule has 0 heterocycles. The lowest BCUT2D eigenvalue weighted by Gasteiger charge is -2.09. The number of benzene rings is 1. The highest BCUT2D eigenvalue weighted by molar-refractivity contribution is 7.80. The summed E-state index contributed by atoms with van der Waals surface area (Å²) in [6.07, 6.45) is 4.58. The number of hydrogen-bond acceptors (Lipinski definition) is 2. The zero-order valence-corrected chi connectivity index (χ0v) is 11.7. The second kappa shape index (κ2) is 9.55. The minimum atomic E-state index is 0.738. The Bertz CT molecular complexity index is 274.